The highest BCUT2D eigenvalue weighted by Crippen LogP contribution is 2.30. The molecule has 6 heteroatoms. The SMILES string of the molecule is CC1=CC(=O)N(c2cc(C)cc(N3C(=O)C=C(C)C3=O)c2)C1=O. The molecule has 2 aliphatic rings. The van der Waals surface area contributed by atoms with Crippen LogP contribution in [0.25, 0.3) is 0 Å². The number of benzene rings is 1. The molecular weight excluding hydrogens is 296 g/mol. The summed E-state index contributed by atoms with van der Waals surface area (Å²) in [6, 6.07) is 4.82. The smallest absolute Gasteiger partial charge is 0.261 e. The standard InChI is InChI=1S/C17H14N2O4/c1-9-4-12(18-14(20)6-10(2)16(18)22)8-13(5-9)19-15(21)7-11(3)17(19)23/h4-8H,1-3H3. The largest absolute Gasteiger partial charge is 0.269 e. The molecule has 23 heavy (non-hydrogen) atoms. The Morgan fingerprint density at radius 2 is 1.04 bits per heavy atom. The number of nitrogens with zero attached hydrogens (tertiary/aromatic N) is 2. The molecule has 0 saturated carbocycles. The zero-order valence-corrected chi connectivity index (χ0v) is 12.9. The van der Waals surface area contributed by atoms with Gasteiger partial charge in [0.1, 0.15) is 0 Å². The van der Waals surface area contributed by atoms with Gasteiger partial charge in [-0.15, -0.1) is 0 Å². The average molecular weight is 310 g/mol. The number of carbonyl (C=O) groups is 4. The Bertz CT molecular complexity index is 782. The summed E-state index contributed by atoms with van der Waals surface area (Å²) in [6.07, 6.45) is 2.53. The normalized spacial score (nSPS) is 18.0. The maximum atomic E-state index is 12.1. The summed E-state index contributed by atoms with van der Waals surface area (Å²) >= 11 is 0. The van der Waals surface area contributed by atoms with Crippen LogP contribution in [0, 0.1) is 6.92 Å². The third-order valence-electron chi connectivity index (χ3n) is 3.76. The minimum absolute atomic E-state index is 0.341. The molecule has 116 valence electrons. The highest BCUT2D eigenvalue weighted by Gasteiger charge is 2.33. The Balaban J connectivity index is 2.05. The van der Waals surface area contributed by atoms with Gasteiger partial charge in [-0.2, -0.15) is 0 Å². The maximum absolute atomic E-state index is 12.1. The molecule has 0 aromatic heterocycles. The van der Waals surface area contributed by atoms with Crippen LogP contribution in [-0.4, -0.2) is 23.6 Å². The van der Waals surface area contributed by atoms with Crippen molar-refractivity contribution in [1.82, 2.24) is 0 Å². The first-order chi connectivity index (χ1) is 10.8. The Morgan fingerprint density at radius 1 is 0.652 bits per heavy atom. The van der Waals surface area contributed by atoms with Crippen molar-refractivity contribution in [3.63, 3.8) is 0 Å². The number of carbonyl (C=O) groups excluding carboxylic acids is 4. The minimum atomic E-state index is -0.433. The molecule has 0 fully saturated rings. The Labute approximate surface area is 132 Å². The van der Waals surface area contributed by atoms with E-state index in [9.17, 15) is 19.2 Å². The number of anilines is 2. The summed E-state index contributed by atoms with van der Waals surface area (Å²) < 4.78 is 0. The first-order valence-electron chi connectivity index (χ1n) is 7.04. The van der Waals surface area contributed by atoms with E-state index in [0.717, 1.165) is 15.4 Å². The molecule has 0 bridgehead atoms. The van der Waals surface area contributed by atoms with E-state index in [4.69, 9.17) is 0 Å². The van der Waals surface area contributed by atoms with Gasteiger partial charge in [-0.1, -0.05) is 0 Å². The van der Waals surface area contributed by atoms with Crippen LogP contribution in [0.1, 0.15) is 19.4 Å². The molecule has 3 rings (SSSR count). The van der Waals surface area contributed by atoms with Crippen LogP contribution in [0.2, 0.25) is 0 Å². The van der Waals surface area contributed by atoms with Gasteiger partial charge >= 0.3 is 0 Å². The molecule has 0 spiro atoms. The molecule has 2 heterocycles. The van der Waals surface area contributed by atoms with Crippen LogP contribution in [0.4, 0.5) is 11.4 Å². The number of rotatable bonds is 2. The van der Waals surface area contributed by atoms with Crippen LogP contribution in [0.15, 0.2) is 41.5 Å². The highest BCUT2D eigenvalue weighted by atomic mass is 16.2. The van der Waals surface area contributed by atoms with Gasteiger partial charge in [0.2, 0.25) is 0 Å². The number of hydrogen-bond acceptors (Lipinski definition) is 4. The second-order valence-electron chi connectivity index (χ2n) is 5.64. The van der Waals surface area contributed by atoms with E-state index in [1.807, 2.05) is 0 Å². The van der Waals surface area contributed by atoms with Crippen LogP contribution in [-0.2, 0) is 19.2 Å². The summed E-state index contributed by atoms with van der Waals surface area (Å²) in [5, 5.41) is 0. The quantitative estimate of drug-likeness (QED) is 0.778. The predicted molar refractivity (Wildman–Crippen MR) is 83.7 cm³/mol. The van der Waals surface area contributed by atoms with Gasteiger partial charge in [-0.3, -0.25) is 19.2 Å². The molecule has 0 unspecified atom stereocenters. The molecular formula is C17H14N2O4. The summed E-state index contributed by atoms with van der Waals surface area (Å²) in [6.45, 7) is 4.90. The fourth-order valence-electron chi connectivity index (χ4n) is 2.67. The molecule has 0 radical (unpaired) electrons. The van der Waals surface area contributed by atoms with E-state index in [0.29, 0.717) is 22.5 Å². The molecule has 0 atom stereocenters. The van der Waals surface area contributed by atoms with Gasteiger partial charge in [0.25, 0.3) is 23.6 Å². The molecule has 1 aromatic rings. The van der Waals surface area contributed by atoms with E-state index in [1.54, 1.807) is 32.9 Å². The Kier molecular flexibility index (Phi) is 3.25. The van der Waals surface area contributed by atoms with Crippen molar-refractivity contribution >= 4 is 35.0 Å². The molecule has 0 N–H and O–H groups in total. The van der Waals surface area contributed by atoms with Crippen LogP contribution < -0.4 is 9.80 Å². The summed E-state index contributed by atoms with van der Waals surface area (Å²) in [4.78, 5) is 50.3. The number of aryl methyl sites for hydroxylation is 1. The van der Waals surface area contributed by atoms with Gasteiger partial charge < -0.3 is 0 Å². The maximum Gasteiger partial charge on any atom is 0.261 e. The van der Waals surface area contributed by atoms with Gasteiger partial charge in [-0.05, 0) is 44.5 Å². The molecule has 2 aliphatic heterocycles. The molecule has 6 nitrogen and oxygen atoms in total. The lowest BCUT2D eigenvalue weighted by atomic mass is 10.1. The van der Waals surface area contributed by atoms with Gasteiger partial charge in [0, 0.05) is 23.3 Å². The fraction of sp³-hybridized carbons (Fsp3) is 0.176. The first kappa shape index (κ1) is 14.9. The average Bonchev–Trinajstić information content (AvgIpc) is 2.85. The van der Waals surface area contributed by atoms with Crippen LogP contribution in [0.5, 0.6) is 0 Å². The molecule has 0 saturated heterocycles. The summed E-state index contributed by atoms with van der Waals surface area (Å²) in [5.41, 5.74) is 2.11. The predicted octanol–water partition coefficient (Wildman–Crippen LogP) is 1.63. The van der Waals surface area contributed by atoms with Gasteiger partial charge in [-0.25, -0.2) is 9.80 Å². The zero-order chi connectivity index (χ0) is 16.9. The fourth-order valence-corrected chi connectivity index (χ4v) is 2.67. The Morgan fingerprint density at radius 3 is 1.35 bits per heavy atom. The third-order valence-corrected chi connectivity index (χ3v) is 3.76. The van der Waals surface area contributed by atoms with E-state index < -0.39 is 23.6 Å². The highest BCUT2D eigenvalue weighted by molar-refractivity contribution is 6.32. The van der Waals surface area contributed by atoms with Crippen molar-refractivity contribution in [3.05, 3.63) is 47.1 Å². The van der Waals surface area contributed by atoms with E-state index >= 15 is 0 Å². The van der Waals surface area contributed by atoms with Gasteiger partial charge in [0.15, 0.2) is 0 Å². The van der Waals surface area contributed by atoms with Crippen molar-refractivity contribution in [2.75, 3.05) is 9.80 Å². The van der Waals surface area contributed by atoms with Gasteiger partial charge in [0.05, 0.1) is 11.4 Å². The van der Waals surface area contributed by atoms with Crippen LogP contribution >= 0.6 is 0 Å². The number of hydrogen-bond donors (Lipinski definition) is 0. The lowest BCUT2D eigenvalue weighted by molar-refractivity contribution is -0.121. The zero-order valence-electron chi connectivity index (χ0n) is 12.9. The van der Waals surface area contributed by atoms with Crippen molar-refractivity contribution in [3.8, 4) is 0 Å². The molecule has 4 amide bonds. The monoisotopic (exact) mass is 310 g/mol. The van der Waals surface area contributed by atoms with Crippen molar-refractivity contribution in [1.29, 1.82) is 0 Å². The molecule has 1 aromatic carbocycles. The second-order valence-corrected chi connectivity index (χ2v) is 5.64. The van der Waals surface area contributed by atoms with Crippen molar-refractivity contribution in [2.24, 2.45) is 0 Å². The van der Waals surface area contributed by atoms with Crippen LogP contribution in [0.3, 0.4) is 0 Å². The first-order valence-corrected chi connectivity index (χ1v) is 7.04. The van der Waals surface area contributed by atoms with Crippen molar-refractivity contribution in [2.45, 2.75) is 20.8 Å². The second kappa shape index (κ2) is 5.01. The topological polar surface area (TPSA) is 74.8 Å². The molecule has 0 aliphatic carbocycles. The third kappa shape index (κ3) is 2.28. The summed E-state index contributed by atoms with van der Waals surface area (Å²) in [5.74, 6) is -1.67. The lowest BCUT2D eigenvalue weighted by Crippen LogP contribution is -2.33. The lowest BCUT2D eigenvalue weighted by Gasteiger charge is -2.20. The number of imide groups is 2. The van der Waals surface area contributed by atoms with E-state index in [2.05, 4.69) is 0 Å². The minimum Gasteiger partial charge on any atom is -0.269 e. The van der Waals surface area contributed by atoms with Crippen molar-refractivity contribution < 1.29 is 19.2 Å². The summed E-state index contributed by atoms with van der Waals surface area (Å²) in [7, 11) is 0. The number of amides is 4. The van der Waals surface area contributed by atoms with E-state index in [-0.39, 0.29) is 0 Å². The Hall–Kier alpha value is -3.02. The van der Waals surface area contributed by atoms with E-state index in [1.165, 1.54) is 18.2 Å².